The molecule has 0 radical (unpaired) electrons. The SMILES string of the molecule is CCCCN(C(=O)CCN1C(=O)CSc2ccccc21)c1c(N)n(CCC)c(=O)[nH]c1=O. The molecule has 0 spiro atoms. The molecule has 1 aromatic carbocycles. The predicted octanol–water partition coefficient (Wildman–Crippen LogP) is 2.19. The van der Waals surface area contributed by atoms with Crippen LogP contribution in [-0.4, -0.2) is 40.2 Å². The second-order valence-corrected chi connectivity index (χ2v) is 8.61. The molecule has 2 amide bonds. The number of H-pyrrole nitrogens is 1. The molecule has 10 heteroatoms. The number of nitrogens with one attached hydrogen (secondary N) is 1. The number of anilines is 3. The number of amides is 2. The van der Waals surface area contributed by atoms with Crippen molar-refractivity contribution in [1.82, 2.24) is 9.55 Å². The summed E-state index contributed by atoms with van der Waals surface area (Å²) in [6.07, 6.45) is 2.15. The van der Waals surface area contributed by atoms with Crippen molar-refractivity contribution in [3.8, 4) is 0 Å². The maximum atomic E-state index is 13.3. The fourth-order valence-corrected chi connectivity index (χ4v) is 4.64. The third-order valence-corrected chi connectivity index (χ3v) is 6.37. The molecule has 0 aliphatic carbocycles. The first kappa shape index (κ1) is 23.6. The lowest BCUT2D eigenvalue weighted by Gasteiger charge is -2.30. The zero-order chi connectivity index (χ0) is 23.3. The average molecular weight is 460 g/mol. The van der Waals surface area contributed by atoms with Crippen LogP contribution >= 0.6 is 11.8 Å². The molecule has 0 saturated carbocycles. The number of nitrogens with two attached hydrogens (primary N) is 1. The normalized spacial score (nSPS) is 13.2. The van der Waals surface area contributed by atoms with Gasteiger partial charge in [-0.1, -0.05) is 32.4 Å². The van der Waals surface area contributed by atoms with Crippen molar-refractivity contribution in [1.29, 1.82) is 0 Å². The topological polar surface area (TPSA) is 121 Å². The molecule has 0 atom stereocenters. The number of benzene rings is 1. The molecule has 2 aromatic rings. The highest BCUT2D eigenvalue weighted by Gasteiger charge is 2.28. The van der Waals surface area contributed by atoms with Crippen molar-refractivity contribution >= 4 is 40.8 Å². The Bertz CT molecular complexity index is 1110. The minimum atomic E-state index is -0.680. The number of nitrogen functional groups attached to an aromatic ring is 1. The quantitative estimate of drug-likeness (QED) is 0.593. The molecule has 3 N–H and O–H groups in total. The molecule has 0 saturated heterocycles. The van der Waals surface area contributed by atoms with Crippen LogP contribution in [0.5, 0.6) is 0 Å². The van der Waals surface area contributed by atoms with E-state index >= 15 is 0 Å². The van der Waals surface area contributed by atoms with Gasteiger partial charge in [0.2, 0.25) is 11.8 Å². The van der Waals surface area contributed by atoms with Gasteiger partial charge in [0.25, 0.3) is 5.56 Å². The van der Waals surface area contributed by atoms with Gasteiger partial charge in [0.1, 0.15) is 5.82 Å². The second-order valence-electron chi connectivity index (χ2n) is 7.60. The lowest BCUT2D eigenvalue weighted by molar-refractivity contribution is -0.118. The maximum absolute atomic E-state index is 13.3. The molecule has 1 aromatic heterocycles. The highest BCUT2D eigenvalue weighted by Crippen LogP contribution is 2.35. The van der Waals surface area contributed by atoms with E-state index in [4.69, 9.17) is 5.73 Å². The van der Waals surface area contributed by atoms with Crippen LogP contribution in [0.15, 0.2) is 38.8 Å². The minimum Gasteiger partial charge on any atom is -0.383 e. The fraction of sp³-hybridized carbons (Fsp3) is 0.455. The van der Waals surface area contributed by atoms with Gasteiger partial charge in [-0.05, 0) is 25.0 Å². The summed E-state index contributed by atoms with van der Waals surface area (Å²) in [5, 5.41) is 0. The number of carbonyl (C=O) groups excluding carboxylic acids is 2. The van der Waals surface area contributed by atoms with Crippen LogP contribution in [0.1, 0.15) is 39.5 Å². The smallest absolute Gasteiger partial charge is 0.330 e. The molecular formula is C22H29N5O4S. The number of hydrogen-bond donors (Lipinski definition) is 2. The number of para-hydroxylation sites is 1. The van der Waals surface area contributed by atoms with E-state index in [9.17, 15) is 19.2 Å². The van der Waals surface area contributed by atoms with Crippen molar-refractivity contribution < 1.29 is 9.59 Å². The van der Waals surface area contributed by atoms with Gasteiger partial charge in [-0.25, -0.2) is 4.79 Å². The summed E-state index contributed by atoms with van der Waals surface area (Å²) in [4.78, 5) is 56.8. The van der Waals surface area contributed by atoms with Gasteiger partial charge in [-0.2, -0.15) is 0 Å². The van der Waals surface area contributed by atoms with Crippen LogP contribution in [0.2, 0.25) is 0 Å². The minimum absolute atomic E-state index is 0.00238. The third-order valence-electron chi connectivity index (χ3n) is 5.33. The molecule has 0 bridgehead atoms. The van der Waals surface area contributed by atoms with Gasteiger partial charge < -0.3 is 15.5 Å². The molecule has 3 rings (SSSR count). The van der Waals surface area contributed by atoms with Gasteiger partial charge in [0.15, 0.2) is 5.69 Å². The standard InChI is InChI=1S/C22H29N5O4S/c1-3-5-12-26(19-20(23)27(11-4-2)22(31)24-21(19)30)17(28)10-13-25-15-8-6-7-9-16(15)32-14-18(25)29/h6-9H,3-5,10-14,23H2,1-2H3,(H,24,30,31). The average Bonchev–Trinajstić information content (AvgIpc) is 2.77. The largest absolute Gasteiger partial charge is 0.383 e. The summed E-state index contributed by atoms with van der Waals surface area (Å²) in [5.74, 6) is -0.0727. The van der Waals surface area contributed by atoms with Crippen LogP contribution < -0.4 is 26.8 Å². The molecule has 0 fully saturated rings. The van der Waals surface area contributed by atoms with E-state index in [2.05, 4.69) is 4.98 Å². The van der Waals surface area contributed by atoms with Crippen molar-refractivity contribution in [2.75, 3.05) is 34.4 Å². The summed E-state index contributed by atoms with van der Waals surface area (Å²) < 4.78 is 1.28. The van der Waals surface area contributed by atoms with Crippen LogP contribution in [0.25, 0.3) is 0 Å². The predicted molar refractivity (Wildman–Crippen MR) is 127 cm³/mol. The zero-order valence-electron chi connectivity index (χ0n) is 18.4. The van der Waals surface area contributed by atoms with Gasteiger partial charge in [0, 0.05) is 31.0 Å². The Morgan fingerprint density at radius 1 is 1.16 bits per heavy atom. The first-order valence-electron chi connectivity index (χ1n) is 10.8. The Labute approximate surface area is 190 Å². The van der Waals surface area contributed by atoms with Crippen LogP contribution in [-0.2, 0) is 16.1 Å². The van der Waals surface area contributed by atoms with E-state index in [0.29, 0.717) is 31.7 Å². The second kappa shape index (κ2) is 10.5. The molecule has 1 aliphatic rings. The Morgan fingerprint density at radius 3 is 2.62 bits per heavy atom. The molecule has 0 unspecified atom stereocenters. The summed E-state index contributed by atoms with van der Waals surface area (Å²) in [6.45, 7) is 4.70. The fourth-order valence-electron chi connectivity index (χ4n) is 3.70. The van der Waals surface area contributed by atoms with E-state index in [-0.39, 0.29) is 36.3 Å². The highest BCUT2D eigenvalue weighted by atomic mass is 32.2. The number of aromatic nitrogens is 2. The number of carbonyl (C=O) groups is 2. The van der Waals surface area contributed by atoms with Crippen molar-refractivity contribution in [3.63, 3.8) is 0 Å². The summed E-state index contributed by atoms with van der Waals surface area (Å²) >= 11 is 1.48. The van der Waals surface area contributed by atoms with E-state index in [0.717, 1.165) is 17.0 Å². The van der Waals surface area contributed by atoms with Gasteiger partial charge in [0.05, 0.1) is 11.4 Å². The number of rotatable bonds is 9. The lowest BCUT2D eigenvalue weighted by atomic mass is 10.2. The van der Waals surface area contributed by atoms with Crippen molar-refractivity contribution in [2.45, 2.75) is 51.0 Å². The van der Waals surface area contributed by atoms with Crippen LogP contribution in [0.3, 0.4) is 0 Å². The van der Waals surface area contributed by atoms with E-state index < -0.39 is 11.2 Å². The first-order chi connectivity index (χ1) is 15.4. The lowest BCUT2D eigenvalue weighted by Crippen LogP contribution is -2.43. The molecule has 1 aliphatic heterocycles. The van der Waals surface area contributed by atoms with Crippen LogP contribution in [0.4, 0.5) is 17.2 Å². The third kappa shape index (κ3) is 4.90. The van der Waals surface area contributed by atoms with Crippen molar-refractivity contribution in [2.24, 2.45) is 0 Å². The first-order valence-corrected chi connectivity index (χ1v) is 11.8. The Kier molecular flexibility index (Phi) is 7.79. The number of nitrogens with zero attached hydrogens (tertiary/aromatic N) is 3. The summed E-state index contributed by atoms with van der Waals surface area (Å²) in [6, 6.07) is 7.59. The monoisotopic (exact) mass is 459 g/mol. The van der Waals surface area contributed by atoms with Crippen LogP contribution in [0, 0.1) is 0 Å². The molecular weight excluding hydrogens is 430 g/mol. The van der Waals surface area contributed by atoms with E-state index in [1.54, 1.807) is 4.90 Å². The van der Waals surface area contributed by atoms with E-state index in [1.165, 1.54) is 21.2 Å². The molecule has 2 heterocycles. The van der Waals surface area contributed by atoms with Gasteiger partial charge in [-0.3, -0.25) is 23.9 Å². The maximum Gasteiger partial charge on any atom is 0.330 e. The number of thioether (sulfide) groups is 1. The number of unbranched alkanes of at least 4 members (excludes halogenated alkanes) is 1. The molecule has 9 nitrogen and oxygen atoms in total. The number of fused-ring (bicyclic) bond motifs is 1. The number of aromatic amines is 1. The van der Waals surface area contributed by atoms with E-state index in [1.807, 2.05) is 38.1 Å². The molecule has 172 valence electrons. The summed E-state index contributed by atoms with van der Waals surface area (Å²) in [7, 11) is 0. The summed E-state index contributed by atoms with van der Waals surface area (Å²) in [5.41, 5.74) is 5.70. The zero-order valence-corrected chi connectivity index (χ0v) is 19.2. The number of hydrogen-bond acceptors (Lipinski definition) is 6. The Balaban J connectivity index is 1.89. The Morgan fingerprint density at radius 2 is 1.91 bits per heavy atom. The highest BCUT2D eigenvalue weighted by molar-refractivity contribution is 8.00. The van der Waals surface area contributed by atoms with Gasteiger partial charge >= 0.3 is 5.69 Å². The van der Waals surface area contributed by atoms with Gasteiger partial charge in [-0.15, -0.1) is 11.8 Å². The molecule has 32 heavy (non-hydrogen) atoms. The van der Waals surface area contributed by atoms with Crippen molar-refractivity contribution in [3.05, 3.63) is 45.1 Å². The Hall–Kier alpha value is -3.01.